The lowest BCUT2D eigenvalue weighted by Gasteiger charge is -2.37. The standard InChI is InChI=1S/C67H115N15O16/c1-35(2)32-41(34-83)70-54(90)45-25-22-30-81(45)61(97)66(17,18)79-57(93)49(38(7)8)74-59(95)64(13,14)77-55(91)46-26-23-31-82(46)62(98)67(19,20)78-56(92)48(37(5)6)73-50(86)39(9)69-53(89)44-24-21-29-80(44)60(96)65(15,16)76-52(88)43(33-36(3)4)71-51(87)42(27-28-47(68)85)72-58(94)63(11,12)75-40(10)84/h35-39,41-46,48-49,83H,21-34H2,1-20H3,(H2,68,85)(H,69,89)(H,70,90)(H,71,87)(H,72,94)(H,73,86)(H,74,95)(H,75,84)(H,76,88)(H,77,91)(H,78,92)(H,79,93)/t39-,41-,42-,43-,44-,45-,46-,48-,49-/m0/s1. The molecule has 9 atom stereocenters. The van der Waals surface area contributed by atoms with Crippen LogP contribution in [0.3, 0.4) is 0 Å². The molecule has 15 amide bonds. The Morgan fingerprint density at radius 3 is 1.21 bits per heavy atom. The van der Waals surface area contributed by atoms with Crippen LogP contribution in [0.25, 0.3) is 0 Å². The van der Waals surface area contributed by atoms with Gasteiger partial charge in [0, 0.05) is 33.0 Å². The van der Waals surface area contributed by atoms with E-state index in [0.29, 0.717) is 32.1 Å². The van der Waals surface area contributed by atoms with Gasteiger partial charge < -0.3 is 84.0 Å². The Kier molecular flexibility index (Phi) is 30.2. The normalized spacial score (nSPS) is 18.7. The zero-order valence-corrected chi connectivity index (χ0v) is 61.4. The van der Waals surface area contributed by atoms with E-state index in [-0.39, 0.29) is 70.2 Å². The number of nitrogens with one attached hydrogen (secondary N) is 11. The molecule has 0 aromatic rings. The third-order valence-corrected chi connectivity index (χ3v) is 17.6. The maximum Gasteiger partial charge on any atom is 0.248 e. The topological polar surface area (TPSA) is 444 Å². The van der Waals surface area contributed by atoms with Gasteiger partial charge in [-0.05, 0) is 158 Å². The summed E-state index contributed by atoms with van der Waals surface area (Å²) in [4.78, 5) is 209. The molecule has 0 spiro atoms. The Balaban J connectivity index is 1.67. The highest BCUT2D eigenvalue weighted by molar-refractivity contribution is 6.02. The van der Waals surface area contributed by atoms with E-state index in [9.17, 15) is 77.0 Å². The van der Waals surface area contributed by atoms with E-state index in [0.717, 1.165) is 0 Å². The van der Waals surface area contributed by atoms with Gasteiger partial charge in [0.1, 0.15) is 76.0 Å². The molecule has 3 aliphatic heterocycles. The van der Waals surface area contributed by atoms with E-state index in [1.807, 2.05) is 13.8 Å². The highest BCUT2D eigenvalue weighted by atomic mass is 16.3. The summed E-state index contributed by atoms with van der Waals surface area (Å²) in [5, 5.41) is 39.3. The molecule has 0 saturated carbocycles. The fourth-order valence-electron chi connectivity index (χ4n) is 12.2. The zero-order valence-electron chi connectivity index (χ0n) is 61.4. The van der Waals surface area contributed by atoms with E-state index in [2.05, 4.69) is 58.5 Å². The van der Waals surface area contributed by atoms with E-state index in [4.69, 9.17) is 5.73 Å². The minimum Gasteiger partial charge on any atom is -0.394 e. The van der Waals surface area contributed by atoms with E-state index in [1.165, 1.54) is 97.8 Å². The van der Waals surface area contributed by atoms with E-state index in [1.54, 1.807) is 41.5 Å². The Labute approximate surface area is 577 Å². The summed E-state index contributed by atoms with van der Waals surface area (Å²) in [5.74, 6) is -11.3. The number of nitrogens with zero attached hydrogens (tertiary/aromatic N) is 3. The van der Waals surface area contributed by atoms with Gasteiger partial charge in [-0.15, -0.1) is 0 Å². The second kappa shape index (κ2) is 35.2. The number of carbonyl (C=O) groups is 15. The van der Waals surface area contributed by atoms with Gasteiger partial charge in [0.25, 0.3) is 0 Å². The Morgan fingerprint density at radius 1 is 0.429 bits per heavy atom. The van der Waals surface area contributed by atoms with Crippen LogP contribution in [-0.4, -0.2) is 217 Å². The van der Waals surface area contributed by atoms with E-state index < -0.39 is 183 Å². The third-order valence-electron chi connectivity index (χ3n) is 17.6. The Morgan fingerprint density at radius 2 is 0.816 bits per heavy atom. The zero-order chi connectivity index (χ0) is 75.1. The lowest BCUT2D eigenvalue weighted by molar-refractivity contribution is -0.146. The van der Waals surface area contributed by atoms with Crippen LogP contribution in [0.2, 0.25) is 0 Å². The van der Waals surface area contributed by atoms with Crippen molar-refractivity contribution >= 4 is 88.6 Å². The summed E-state index contributed by atoms with van der Waals surface area (Å²) in [7, 11) is 0. The molecule has 3 rings (SSSR count). The van der Waals surface area contributed by atoms with Crippen molar-refractivity contribution in [1.29, 1.82) is 0 Å². The van der Waals surface area contributed by atoms with Crippen LogP contribution in [0.15, 0.2) is 0 Å². The number of nitrogens with two attached hydrogens (primary N) is 1. The molecular formula is C67H115N15O16. The van der Waals surface area contributed by atoms with Crippen LogP contribution in [0.5, 0.6) is 0 Å². The molecule has 3 saturated heterocycles. The van der Waals surface area contributed by atoms with Gasteiger partial charge in [-0.1, -0.05) is 55.4 Å². The Hall–Kier alpha value is -7.99. The SMILES string of the molecule is CC(=O)NC(C)(C)C(=O)N[C@@H](CCC(N)=O)C(=O)N[C@@H](CC(C)C)C(=O)NC(C)(C)C(=O)N1CCC[C@H]1C(=O)N[C@@H](C)C(=O)N[C@H](C(=O)NC(C)(C)C(=O)N1CCC[C@H]1C(=O)NC(C)(C)C(=O)N[C@H](C(=O)NC(C)(C)C(=O)N1CCC[C@H]1C(=O)N[C@H](CO)CC(C)C)C(C)C)C(C)C. The molecule has 0 unspecified atom stereocenters. The van der Waals surface area contributed by atoms with Crippen molar-refractivity contribution in [1.82, 2.24) is 73.2 Å². The summed E-state index contributed by atoms with van der Waals surface area (Å²) in [6.45, 7) is 31.4. The lowest BCUT2D eigenvalue weighted by Crippen LogP contribution is -2.66. The summed E-state index contributed by atoms with van der Waals surface area (Å²) in [5.41, 5.74) is -2.65. The van der Waals surface area contributed by atoms with Gasteiger partial charge >= 0.3 is 0 Å². The average Bonchev–Trinajstić information content (AvgIpc) is 1.13. The second-order valence-corrected chi connectivity index (χ2v) is 30.6. The maximum absolute atomic E-state index is 14.4. The molecule has 3 aliphatic rings. The number of aliphatic hydroxyl groups excluding tert-OH is 1. The monoisotopic (exact) mass is 1390 g/mol. The molecule has 31 heteroatoms. The predicted molar refractivity (Wildman–Crippen MR) is 362 cm³/mol. The number of carbonyl (C=O) groups excluding carboxylic acids is 15. The number of primary amides is 1. The molecule has 14 N–H and O–H groups in total. The van der Waals surface area contributed by atoms with Crippen LogP contribution in [0, 0.1) is 23.7 Å². The van der Waals surface area contributed by atoms with Gasteiger partial charge in [-0.2, -0.15) is 0 Å². The van der Waals surface area contributed by atoms with Crippen LogP contribution in [0.4, 0.5) is 0 Å². The van der Waals surface area contributed by atoms with Crippen molar-refractivity contribution in [3.05, 3.63) is 0 Å². The van der Waals surface area contributed by atoms with Crippen LogP contribution < -0.4 is 64.2 Å². The Bertz CT molecular complexity index is 2960. The molecule has 0 bridgehead atoms. The lowest BCUT2D eigenvalue weighted by atomic mass is 9.96. The van der Waals surface area contributed by atoms with Gasteiger partial charge in [0.15, 0.2) is 0 Å². The molecule has 0 aromatic carbocycles. The fraction of sp³-hybridized carbons (Fsp3) is 0.776. The van der Waals surface area contributed by atoms with Crippen LogP contribution in [0.1, 0.15) is 203 Å². The minimum atomic E-state index is -1.68. The van der Waals surface area contributed by atoms with Gasteiger partial charge in [-0.25, -0.2) is 0 Å². The van der Waals surface area contributed by atoms with Crippen molar-refractivity contribution in [3.8, 4) is 0 Å². The number of hydrogen-bond donors (Lipinski definition) is 13. The summed E-state index contributed by atoms with van der Waals surface area (Å²) >= 11 is 0. The highest BCUT2D eigenvalue weighted by Gasteiger charge is 2.48. The number of amides is 15. The van der Waals surface area contributed by atoms with Gasteiger partial charge in [0.05, 0.1) is 12.6 Å². The molecule has 31 nitrogen and oxygen atoms in total. The smallest absolute Gasteiger partial charge is 0.248 e. The van der Waals surface area contributed by atoms with Gasteiger partial charge in [-0.3, -0.25) is 71.9 Å². The molecule has 3 heterocycles. The van der Waals surface area contributed by atoms with Crippen molar-refractivity contribution in [2.45, 2.75) is 285 Å². The number of likely N-dealkylation sites (tertiary alicyclic amines) is 3. The van der Waals surface area contributed by atoms with Crippen molar-refractivity contribution in [2.24, 2.45) is 29.4 Å². The molecule has 0 aromatic heterocycles. The first-order chi connectivity index (χ1) is 45.0. The summed E-state index contributed by atoms with van der Waals surface area (Å²) in [6, 6.07) is -9.85. The maximum atomic E-state index is 14.4. The largest absolute Gasteiger partial charge is 0.394 e. The number of aliphatic hydroxyl groups is 1. The highest BCUT2D eigenvalue weighted by Crippen LogP contribution is 2.27. The van der Waals surface area contributed by atoms with Crippen molar-refractivity contribution in [2.75, 3.05) is 26.2 Å². The van der Waals surface area contributed by atoms with Gasteiger partial charge in [0.2, 0.25) is 88.6 Å². The molecule has 0 radical (unpaired) electrons. The number of hydrogen-bond acceptors (Lipinski definition) is 16. The summed E-state index contributed by atoms with van der Waals surface area (Å²) in [6.07, 6.45) is 2.15. The number of rotatable bonds is 34. The second-order valence-electron chi connectivity index (χ2n) is 30.6. The predicted octanol–water partition coefficient (Wildman–Crippen LogP) is -0.956. The van der Waals surface area contributed by atoms with Crippen LogP contribution in [-0.2, 0) is 71.9 Å². The first kappa shape index (κ1) is 84.2. The molecule has 0 aliphatic carbocycles. The van der Waals surface area contributed by atoms with Crippen molar-refractivity contribution in [3.63, 3.8) is 0 Å². The molecule has 3 fully saturated rings. The fourth-order valence-corrected chi connectivity index (χ4v) is 12.2. The van der Waals surface area contributed by atoms with Crippen LogP contribution >= 0.6 is 0 Å². The quantitative estimate of drug-likeness (QED) is 0.0369. The van der Waals surface area contributed by atoms with Crippen molar-refractivity contribution < 1.29 is 77.0 Å². The van der Waals surface area contributed by atoms with E-state index >= 15 is 0 Å². The molecular weight excluding hydrogens is 1270 g/mol. The first-order valence-electron chi connectivity index (χ1n) is 34.2. The average molecular weight is 1390 g/mol. The minimum absolute atomic E-state index is 0.0720. The third kappa shape index (κ3) is 23.6. The molecule has 98 heavy (non-hydrogen) atoms. The summed E-state index contributed by atoms with van der Waals surface area (Å²) < 4.78 is 0. The first-order valence-corrected chi connectivity index (χ1v) is 34.2. The molecule has 554 valence electrons.